The lowest BCUT2D eigenvalue weighted by molar-refractivity contribution is 0.296. The normalized spacial score (nSPS) is 11.2. The topological polar surface area (TPSA) is 92.7 Å². The van der Waals surface area contributed by atoms with Gasteiger partial charge in [0.05, 0.1) is 36.7 Å². The van der Waals surface area contributed by atoms with E-state index >= 15 is 0 Å². The molecule has 0 N–H and O–H groups in total. The van der Waals surface area contributed by atoms with Crippen molar-refractivity contribution < 1.29 is 9.13 Å². The maximum Gasteiger partial charge on any atom is 0.353 e. The van der Waals surface area contributed by atoms with E-state index in [0.29, 0.717) is 34.4 Å². The molecule has 0 saturated carbocycles. The smallest absolute Gasteiger partial charge is 0.353 e. The van der Waals surface area contributed by atoms with Crippen LogP contribution in [0.3, 0.4) is 0 Å². The Kier molecular flexibility index (Phi) is 4.94. The van der Waals surface area contributed by atoms with Crippen molar-refractivity contribution in [1.82, 2.24) is 34.1 Å². The van der Waals surface area contributed by atoms with Gasteiger partial charge in [-0.05, 0) is 25.1 Å². The van der Waals surface area contributed by atoms with E-state index in [0.717, 1.165) is 0 Å². The van der Waals surface area contributed by atoms with Gasteiger partial charge in [-0.2, -0.15) is 9.78 Å². The standard InChI is InChI=1S/C22H18FN7O2/c1-2-32-21-27-30(22(31)28(21)12-15-6-3-4-7-18(15)23)20-9-5-8-19-17(20)13-29(26-19)16-10-24-14-25-11-16/h3-11,13-14H,2,12H2,1H3. The van der Waals surface area contributed by atoms with E-state index in [-0.39, 0.29) is 12.6 Å². The van der Waals surface area contributed by atoms with Crippen LogP contribution < -0.4 is 10.4 Å². The largest absolute Gasteiger partial charge is 0.464 e. The van der Waals surface area contributed by atoms with E-state index in [1.165, 1.54) is 21.6 Å². The van der Waals surface area contributed by atoms with Crippen LogP contribution in [0.5, 0.6) is 6.01 Å². The summed E-state index contributed by atoms with van der Waals surface area (Å²) in [5.41, 5.74) is 1.80. The SMILES string of the molecule is CCOc1nn(-c2cccc3nn(-c4cncnc4)cc23)c(=O)n1Cc1ccccc1F. The van der Waals surface area contributed by atoms with Crippen LogP contribution in [-0.2, 0) is 6.54 Å². The monoisotopic (exact) mass is 431 g/mol. The molecule has 32 heavy (non-hydrogen) atoms. The fourth-order valence-corrected chi connectivity index (χ4v) is 3.46. The molecule has 0 fully saturated rings. The highest BCUT2D eigenvalue weighted by atomic mass is 19.1. The third kappa shape index (κ3) is 3.41. The maximum absolute atomic E-state index is 14.2. The van der Waals surface area contributed by atoms with Gasteiger partial charge in [0.15, 0.2) is 0 Å². The Morgan fingerprint density at radius 2 is 1.84 bits per heavy atom. The zero-order valence-electron chi connectivity index (χ0n) is 17.1. The molecule has 3 heterocycles. The predicted octanol–water partition coefficient (Wildman–Crippen LogP) is 2.75. The lowest BCUT2D eigenvalue weighted by Gasteiger charge is -2.06. The highest BCUT2D eigenvalue weighted by Gasteiger charge is 2.19. The van der Waals surface area contributed by atoms with Gasteiger partial charge in [0.25, 0.3) is 0 Å². The van der Waals surface area contributed by atoms with Crippen LogP contribution in [0, 0.1) is 5.82 Å². The van der Waals surface area contributed by atoms with Crippen LogP contribution in [0.1, 0.15) is 12.5 Å². The molecule has 0 radical (unpaired) electrons. The molecule has 0 aliphatic carbocycles. The summed E-state index contributed by atoms with van der Waals surface area (Å²) in [4.78, 5) is 21.4. The summed E-state index contributed by atoms with van der Waals surface area (Å²) < 4.78 is 24.0. The van der Waals surface area contributed by atoms with Gasteiger partial charge in [0, 0.05) is 17.1 Å². The molecule has 10 heteroatoms. The van der Waals surface area contributed by atoms with Crippen molar-refractivity contribution >= 4 is 10.9 Å². The minimum Gasteiger partial charge on any atom is -0.464 e. The lowest BCUT2D eigenvalue weighted by Crippen LogP contribution is -2.25. The molecular formula is C22H18FN7O2. The molecule has 0 amide bonds. The quantitative estimate of drug-likeness (QED) is 0.411. The molecule has 0 bridgehead atoms. The fourth-order valence-electron chi connectivity index (χ4n) is 3.46. The van der Waals surface area contributed by atoms with Crippen LogP contribution >= 0.6 is 0 Å². The summed E-state index contributed by atoms with van der Waals surface area (Å²) in [5.74, 6) is -0.400. The molecule has 2 aromatic carbocycles. The number of hydrogen-bond acceptors (Lipinski definition) is 6. The number of fused-ring (bicyclic) bond motifs is 1. The van der Waals surface area contributed by atoms with E-state index in [4.69, 9.17) is 4.74 Å². The van der Waals surface area contributed by atoms with Gasteiger partial charge in [-0.3, -0.25) is 0 Å². The Balaban J connectivity index is 1.64. The third-order valence-corrected chi connectivity index (χ3v) is 4.95. The molecule has 0 unspecified atom stereocenters. The van der Waals surface area contributed by atoms with Crippen LogP contribution in [0.25, 0.3) is 22.3 Å². The van der Waals surface area contributed by atoms with Crippen LogP contribution in [-0.4, -0.2) is 40.7 Å². The average molecular weight is 431 g/mol. The van der Waals surface area contributed by atoms with Crippen LogP contribution in [0.15, 0.2) is 72.2 Å². The number of halogens is 1. The fraction of sp³-hybridized carbons (Fsp3) is 0.136. The number of nitrogens with zero attached hydrogens (tertiary/aromatic N) is 7. The molecular weight excluding hydrogens is 413 g/mol. The van der Waals surface area contributed by atoms with Crippen molar-refractivity contribution in [2.24, 2.45) is 0 Å². The van der Waals surface area contributed by atoms with Gasteiger partial charge >= 0.3 is 11.7 Å². The summed E-state index contributed by atoms with van der Waals surface area (Å²) in [6, 6.07) is 11.8. The second-order valence-electron chi connectivity index (χ2n) is 6.97. The Bertz CT molecular complexity index is 1460. The molecule has 0 aliphatic rings. The predicted molar refractivity (Wildman–Crippen MR) is 115 cm³/mol. The van der Waals surface area contributed by atoms with Gasteiger partial charge in [0.1, 0.15) is 17.8 Å². The number of hydrogen-bond donors (Lipinski definition) is 0. The third-order valence-electron chi connectivity index (χ3n) is 4.95. The number of benzene rings is 2. The minimum absolute atomic E-state index is 0.00255. The minimum atomic E-state index is -0.444. The summed E-state index contributed by atoms with van der Waals surface area (Å²) in [6.07, 6.45) is 6.50. The van der Waals surface area contributed by atoms with E-state index in [1.54, 1.807) is 60.5 Å². The van der Waals surface area contributed by atoms with E-state index in [2.05, 4.69) is 20.2 Å². The second-order valence-corrected chi connectivity index (χ2v) is 6.97. The van der Waals surface area contributed by atoms with Crippen molar-refractivity contribution in [2.75, 3.05) is 6.61 Å². The zero-order chi connectivity index (χ0) is 22.1. The van der Waals surface area contributed by atoms with Gasteiger partial charge < -0.3 is 4.74 Å². The van der Waals surface area contributed by atoms with Gasteiger partial charge in [-0.15, -0.1) is 5.10 Å². The molecule has 5 rings (SSSR count). The van der Waals surface area contributed by atoms with Crippen molar-refractivity contribution in [3.05, 3.63) is 89.2 Å². The van der Waals surface area contributed by atoms with Gasteiger partial charge in [-0.1, -0.05) is 24.3 Å². The molecule has 3 aromatic heterocycles. The molecule has 160 valence electrons. The number of rotatable bonds is 6. The summed E-state index contributed by atoms with van der Waals surface area (Å²) in [6.45, 7) is 2.10. The molecule has 0 aliphatic heterocycles. The zero-order valence-corrected chi connectivity index (χ0v) is 17.1. The molecule has 5 aromatic rings. The van der Waals surface area contributed by atoms with Gasteiger partial charge in [-0.25, -0.2) is 28.4 Å². The Morgan fingerprint density at radius 1 is 1.03 bits per heavy atom. The first-order valence-corrected chi connectivity index (χ1v) is 9.96. The molecule has 0 spiro atoms. The molecule has 9 nitrogen and oxygen atoms in total. The first kappa shape index (κ1) is 19.6. The number of aromatic nitrogens is 7. The second kappa shape index (κ2) is 8.06. The maximum atomic E-state index is 14.2. The van der Waals surface area contributed by atoms with Crippen molar-refractivity contribution in [1.29, 1.82) is 0 Å². The van der Waals surface area contributed by atoms with Crippen molar-refractivity contribution in [3.63, 3.8) is 0 Å². The first-order chi connectivity index (χ1) is 15.7. The highest BCUT2D eigenvalue weighted by molar-refractivity contribution is 5.87. The summed E-state index contributed by atoms with van der Waals surface area (Å²) >= 11 is 0. The molecule has 0 atom stereocenters. The van der Waals surface area contributed by atoms with E-state index in [9.17, 15) is 9.18 Å². The summed E-state index contributed by atoms with van der Waals surface area (Å²) in [5, 5.41) is 9.64. The lowest BCUT2D eigenvalue weighted by atomic mass is 10.2. The van der Waals surface area contributed by atoms with E-state index in [1.807, 2.05) is 6.07 Å². The van der Waals surface area contributed by atoms with Crippen LogP contribution in [0.2, 0.25) is 0 Å². The summed E-state index contributed by atoms with van der Waals surface area (Å²) in [7, 11) is 0. The Labute approximate surface area is 181 Å². The number of ether oxygens (including phenoxy) is 1. The Hall–Kier alpha value is -4.34. The van der Waals surface area contributed by atoms with E-state index < -0.39 is 11.5 Å². The van der Waals surface area contributed by atoms with Crippen molar-refractivity contribution in [2.45, 2.75) is 13.5 Å². The van der Waals surface area contributed by atoms with Crippen LogP contribution in [0.4, 0.5) is 4.39 Å². The average Bonchev–Trinajstić information content (AvgIpc) is 3.38. The Morgan fingerprint density at radius 3 is 2.62 bits per heavy atom. The highest BCUT2D eigenvalue weighted by Crippen LogP contribution is 2.23. The van der Waals surface area contributed by atoms with Crippen molar-refractivity contribution in [3.8, 4) is 17.4 Å². The molecule has 0 saturated heterocycles. The first-order valence-electron chi connectivity index (χ1n) is 9.96. The van der Waals surface area contributed by atoms with Gasteiger partial charge in [0.2, 0.25) is 0 Å².